The Morgan fingerprint density at radius 3 is 2.50 bits per heavy atom. The average Bonchev–Trinajstić information content (AvgIpc) is 2.77. The molecule has 22 heavy (non-hydrogen) atoms. The maximum absolute atomic E-state index is 13.0. The van der Waals surface area contributed by atoms with Crippen molar-refractivity contribution in [1.82, 2.24) is 4.31 Å². The highest BCUT2D eigenvalue weighted by molar-refractivity contribution is 7.89. The molecule has 1 heterocycles. The molecule has 0 radical (unpaired) electrons. The molecule has 0 saturated carbocycles. The van der Waals surface area contributed by atoms with Gasteiger partial charge in [-0.2, -0.15) is 13.2 Å². The summed E-state index contributed by atoms with van der Waals surface area (Å²) in [6, 6.07) is 5.03. The van der Waals surface area contributed by atoms with Crippen LogP contribution in [0.5, 0.6) is 0 Å². The minimum Gasteiger partial charge on any atom is -0.274 e. The van der Waals surface area contributed by atoms with Gasteiger partial charge in [0.2, 0.25) is 15.9 Å². The third-order valence-electron chi connectivity index (χ3n) is 3.66. The predicted octanol–water partition coefficient (Wildman–Crippen LogP) is 2.76. The monoisotopic (exact) mass is 335 g/mol. The number of hydrogen-bond donors (Lipinski definition) is 0. The second-order valence-electron chi connectivity index (χ2n) is 5.33. The Morgan fingerprint density at radius 1 is 1.32 bits per heavy atom. The molecule has 0 bridgehead atoms. The zero-order valence-electron chi connectivity index (χ0n) is 11.9. The predicted molar refractivity (Wildman–Crippen MR) is 74.6 cm³/mol. The van der Waals surface area contributed by atoms with E-state index < -0.39 is 33.6 Å². The minimum absolute atomic E-state index is 0.0000510. The molecule has 4 nitrogen and oxygen atoms in total. The SMILES string of the molecule is CC(CC(=O)N1CCCS1(=O)=O)c1ccccc1C(F)(F)F. The summed E-state index contributed by atoms with van der Waals surface area (Å²) >= 11 is 0. The van der Waals surface area contributed by atoms with E-state index in [1.54, 1.807) is 0 Å². The number of alkyl halides is 3. The third kappa shape index (κ3) is 3.43. The number of nitrogens with zero attached hydrogens (tertiary/aromatic N) is 1. The highest BCUT2D eigenvalue weighted by Crippen LogP contribution is 2.36. The van der Waals surface area contributed by atoms with Crippen molar-refractivity contribution in [2.45, 2.75) is 31.9 Å². The molecule has 1 amide bonds. The number of amides is 1. The summed E-state index contributed by atoms with van der Waals surface area (Å²) in [5.74, 6) is -1.46. The van der Waals surface area contributed by atoms with E-state index in [-0.39, 0.29) is 24.3 Å². The molecule has 8 heteroatoms. The van der Waals surface area contributed by atoms with Gasteiger partial charge in [0.15, 0.2) is 0 Å². The lowest BCUT2D eigenvalue weighted by Gasteiger charge is -2.20. The summed E-state index contributed by atoms with van der Waals surface area (Å²) in [6.07, 6.45) is -4.42. The van der Waals surface area contributed by atoms with Gasteiger partial charge in [-0.05, 0) is 24.0 Å². The number of benzene rings is 1. The third-order valence-corrected chi connectivity index (χ3v) is 5.52. The van der Waals surface area contributed by atoms with Gasteiger partial charge < -0.3 is 0 Å². The molecule has 1 fully saturated rings. The van der Waals surface area contributed by atoms with Crippen molar-refractivity contribution in [1.29, 1.82) is 0 Å². The standard InChI is InChI=1S/C14H16F3NO3S/c1-10(9-13(19)18-7-4-8-22(18,20)21)11-5-2-3-6-12(11)14(15,16)17/h2-3,5-6,10H,4,7-9H2,1H3. The van der Waals surface area contributed by atoms with Gasteiger partial charge in [0.05, 0.1) is 11.3 Å². The lowest BCUT2D eigenvalue weighted by Crippen LogP contribution is -2.33. The Labute approximate surface area is 127 Å². The smallest absolute Gasteiger partial charge is 0.274 e. The molecule has 2 rings (SSSR count). The van der Waals surface area contributed by atoms with Crippen LogP contribution < -0.4 is 0 Å². The molecule has 0 spiro atoms. The van der Waals surface area contributed by atoms with Crippen molar-refractivity contribution in [2.75, 3.05) is 12.3 Å². The molecular weight excluding hydrogens is 319 g/mol. The van der Waals surface area contributed by atoms with E-state index in [0.29, 0.717) is 6.42 Å². The minimum atomic E-state index is -4.51. The fourth-order valence-corrected chi connectivity index (χ4v) is 4.08. The molecular formula is C14H16F3NO3S. The van der Waals surface area contributed by atoms with Crippen molar-refractivity contribution in [2.24, 2.45) is 0 Å². The van der Waals surface area contributed by atoms with Crippen LogP contribution in [-0.4, -0.2) is 30.9 Å². The highest BCUT2D eigenvalue weighted by atomic mass is 32.2. The van der Waals surface area contributed by atoms with Gasteiger partial charge in [-0.25, -0.2) is 12.7 Å². The van der Waals surface area contributed by atoms with Crippen LogP contribution in [-0.2, 0) is 21.0 Å². The molecule has 0 aromatic heterocycles. The lowest BCUT2D eigenvalue weighted by atomic mass is 9.92. The molecule has 0 aliphatic carbocycles. The summed E-state index contributed by atoms with van der Waals surface area (Å²) in [5, 5.41) is 0. The molecule has 0 N–H and O–H groups in total. The summed E-state index contributed by atoms with van der Waals surface area (Å²) in [4.78, 5) is 12.1. The van der Waals surface area contributed by atoms with E-state index in [9.17, 15) is 26.4 Å². The second-order valence-corrected chi connectivity index (χ2v) is 7.34. The van der Waals surface area contributed by atoms with Crippen molar-refractivity contribution >= 4 is 15.9 Å². The first-order chi connectivity index (χ1) is 10.1. The molecule has 1 saturated heterocycles. The van der Waals surface area contributed by atoms with E-state index in [1.165, 1.54) is 25.1 Å². The molecule has 1 aromatic rings. The highest BCUT2D eigenvalue weighted by Gasteiger charge is 2.36. The van der Waals surface area contributed by atoms with E-state index >= 15 is 0 Å². The summed E-state index contributed by atoms with van der Waals surface area (Å²) in [6.45, 7) is 1.60. The van der Waals surface area contributed by atoms with Crippen LogP contribution in [0.15, 0.2) is 24.3 Å². The van der Waals surface area contributed by atoms with E-state index in [1.807, 2.05) is 0 Å². The Balaban J connectivity index is 2.20. The second kappa shape index (κ2) is 5.91. The molecule has 122 valence electrons. The lowest BCUT2D eigenvalue weighted by molar-refractivity contribution is -0.138. The van der Waals surface area contributed by atoms with Crippen molar-refractivity contribution < 1.29 is 26.4 Å². The van der Waals surface area contributed by atoms with Crippen LogP contribution in [0, 0.1) is 0 Å². The summed E-state index contributed by atoms with van der Waals surface area (Å²) in [7, 11) is -3.59. The van der Waals surface area contributed by atoms with Crippen LogP contribution in [0.3, 0.4) is 0 Å². The van der Waals surface area contributed by atoms with E-state index in [0.717, 1.165) is 10.4 Å². The largest absolute Gasteiger partial charge is 0.416 e. The Kier molecular flexibility index (Phi) is 4.51. The zero-order chi connectivity index (χ0) is 16.5. The van der Waals surface area contributed by atoms with Gasteiger partial charge in [-0.15, -0.1) is 0 Å². The Bertz CT molecular complexity index is 670. The van der Waals surface area contributed by atoms with Gasteiger partial charge >= 0.3 is 6.18 Å². The van der Waals surface area contributed by atoms with E-state index in [4.69, 9.17) is 0 Å². The summed E-state index contributed by atoms with van der Waals surface area (Å²) < 4.78 is 63.1. The molecule has 1 unspecified atom stereocenters. The maximum atomic E-state index is 13.0. The van der Waals surface area contributed by atoms with Gasteiger partial charge in [0.25, 0.3) is 0 Å². The van der Waals surface area contributed by atoms with Crippen LogP contribution in [0.1, 0.15) is 36.8 Å². The number of carbonyl (C=O) groups is 1. The zero-order valence-corrected chi connectivity index (χ0v) is 12.7. The topological polar surface area (TPSA) is 54.5 Å². The number of rotatable bonds is 3. The molecule has 1 aromatic carbocycles. The van der Waals surface area contributed by atoms with Gasteiger partial charge in [0.1, 0.15) is 0 Å². The Hall–Kier alpha value is -1.57. The van der Waals surface area contributed by atoms with E-state index in [2.05, 4.69) is 0 Å². The Morgan fingerprint density at radius 2 is 1.95 bits per heavy atom. The number of hydrogen-bond acceptors (Lipinski definition) is 3. The molecule has 1 aliphatic heterocycles. The first kappa shape index (κ1) is 16.8. The van der Waals surface area contributed by atoms with Crippen LogP contribution in [0.4, 0.5) is 13.2 Å². The van der Waals surface area contributed by atoms with Crippen molar-refractivity contribution in [3.63, 3.8) is 0 Å². The van der Waals surface area contributed by atoms with Gasteiger partial charge in [0, 0.05) is 13.0 Å². The number of halogens is 3. The van der Waals surface area contributed by atoms with Gasteiger partial charge in [-0.1, -0.05) is 25.1 Å². The average molecular weight is 335 g/mol. The fourth-order valence-electron chi connectivity index (χ4n) is 2.58. The quantitative estimate of drug-likeness (QED) is 0.853. The first-order valence-electron chi connectivity index (χ1n) is 6.82. The molecule has 1 atom stereocenters. The summed E-state index contributed by atoms with van der Waals surface area (Å²) in [5.41, 5.74) is -0.792. The van der Waals surface area contributed by atoms with Crippen LogP contribution in [0.25, 0.3) is 0 Å². The fraction of sp³-hybridized carbons (Fsp3) is 0.500. The van der Waals surface area contributed by atoms with Crippen LogP contribution in [0.2, 0.25) is 0 Å². The number of carbonyl (C=O) groups excluding carboxylic acids is 1. The van der Waals surface area contributed by atoms with Crippen LogP contribution >= 0.6 is 0 Å². The van der Waals surface area contributed by atoms with Gasteiger partial charge in [-0.3, -0.25) is 4.79 Å². The van der Waals surface area contributed by atoms with Crippen molar-refractivity contribution in [3.8, 4) is 0 Å². The molecule has 1 aliphatic rings. The first-order valence-corrected chi connectivity index (χ1v) is 8.43. The number of sulfonamides is 1. The maximum Gasteiger partial charge on any atom is 0.416 e. The normalized spacial score (nSPS) is 19.2. The van der Waals surface area contributed by atoms with Crippen molar-refractivity contribution in [3.05, 3.63) is 35.4 Å².